The summed E-state index contributed by atoms with van der Waals surface area (Å²) in [6.45, 7) is 0. The third kappa shape index (κ3) is 2.22. The highest BCUT2D eigenvalue weighted by Crippen LogP contribution is 2.32. The molecular formula is C7H6F3NO2S. The fourth-order valence-corrected chi connectivity index (χ4v) is 1.74. The first-order valence-electron chi connectivity index (χ1n) is 3.45. The summed E-state index contributed by atoms with van der Waals surface area (Å²) >= 11 is 0. The standard InChI is InChI=1S/C7H6F3NO2S/c1-14(12,13)6-5(7(8,9)10)3-2-4-11-6/h2-4H,1H3. The maximum absolute atomic E-state index is 12.3. The molecule has 3 nitrogen and oxygen atoms in total. The zero-order valence-electron chi connectivity index (χ0n) is 7.04. The molecule has 0 radical (unpaired) electrons. The first-order chi connectivity index (χ1) is 6.23. The van der Waals surface area contributed by atoms with Crippen molar-refractivity contribution in [2.75, 3.05) is 6.26 Å². The van der Waals surface area contributed by atoms with Crippen LogP contribution in [0, 0.1) is 0 Å². The molecule has 14 heavy (non-hydrogen) atoms. The Morgan fingerprint density at radius 1 is 1.36 bits per heavy atom. The van der Waals surface area contributed by atoms with E-state index in [0.717, 1.165) is 12.3 Å². The molecule has 0 aliphatic heterocycles. The van der Waals surface area contributed by atoms with Gasteiger partial charge in [0, 0.05) is 12.5 Å². The smallest absolute Gasteiger partial charge is 0.244 e. The first kappa shape index (κ1) is 11.0. The third-order valence-electron chi connectivity index (χ3n) is 1.43. The van der Waals surface area contributed by atoms with Gasteiger partial charge in [0.05, 0.1) is 5.56 Å². The monoisotopic (exact) mass is 225 g/mol. The number of aromatic nitrogens is 1. The predicted molar refractivity (Wildman–Crippen MR) is 42.3 cm³/mol. The Bertz CT molecular complexity index is 438. The quantitative estimate of drug-likeness (QED) is 0.727. The van der Waals surface area contributed by atoms with Crippen LogP contribution in [0.1, 0.15) is 5.56 Å². The molecule has 0 saturated heterocycles. The van der Waals surface area contributed by atoms with E-state index in [2.05, 4.69) is 4.98 Å². The Kier molecular flexibility index (Phi) is 2.53. The average Bonchev–Trinajstić information content (AvgIpc) is 2.01. The fraction of sp³-hybridized carbons (Fsp3) is 0.286. The molecule has 78 valence electrons. The van der Waals surface area contributed by atoms with Crippen LogP contribution < -0.4 is 0 Å². The molecule has 0 aliphatic carbocycles. The largest absolute Gasteiger partial charge is 0.419 e. The lowest BCUT2D eigenvalue weighted by Crippen LogP contribution is -2.13. The summed E-state index contributed by atoms with van der Waals surface area (Å²) in [5.74, 6) is 0. The number of pyridine rings is 1. The maximum atomic E-state index is 12.3. The molecule has 0 amide bonds. The van der Waals surface area contributed by atoms with Crippen LogP contribution in [0.4, 0.5) is 13.2 Å². The molecule has 1 heterocycles. The van der Waals surface area contributed by atoms with Crippen molar-refractivity contribution in [3.05, 3.63) is 23.9 Å². The number of sulfone groups is 1. The van der Waals surface area contributed by atoms with Crippen molar-refractivity contribution in [1.82, 2.24) is 4.98 Å². The lowest BCUT2D eigenvalue weighted by atomic mass is 10.3. The number of nitrogens with zero attached hydrogens (tertiary/aromatic N) is 1. The van der Waals surface area contributed by atoms with Gasteiger partial charge in [0.1, 0.15) is 0 Å². The Morgan fingerprint density at radius 3 is 2.29 bits per heavy atom. The number of halogens is 3. The summed E-state index contributed by atoms with van der Waals surface area (Å²) in [6, 6.07) is 1.72. The van der Waals surface area contributed by atoms with Gasteiger partial charge in [0.2, 0.25) is 0 Å². The molecule has 0 aliphatic rings. The van der Waals surface area contributed by atoms with Crippen molar-refractivity contribution in [3.63, 3.8) is 0 Å². The summed E-state index contributed by atoms with van der Waals surface area (Å²) in [4.78, 5) is 3.21. The molecule has 0 aromatic carbocycles. The molecular weight excluding hydrogens is 219 g/mol. The Hall–Kier alpha value is -1.11. The summed E-state index contributed by atoms with van der Waals surface area (Å²) in [6.07, 6.45) is -3.01. The van der Waals surface area contributed by atoms with Crippen LogP contribution in [-0.4, -0.2) is 19.7 Å². The second-order valence-electron chi connectivity index (χ2n) is 2.63. The van der Waals surface area contributed by atoms with E-state index in [-0.39, 0.29) is 0 Å². The van der Waals surface area contributed by atoms with Crippen LogP contribution in [0.3, 0.4) is 0 Å². The Labute approximate surface area is 78.5 Å². The molecule has 7 heteroatoms. The van der Waals surface area contributed by atoms with E-state index in [9.17, 15) is 21.6 Å². The van der Waals surface area contributed by atoms with Crippen molar-refractivity contribution in [2.45, 2.75) is 11.2 Å². The summed E-state index contributed by atoms with van der Waals surface area (Å²) in [7, 11) is -3.95. The van der Waals surface area contributed by atoms with Gasteiger partial charge < -0.3 is 0 Å². The fourth-order valence-electron chi connectivity index (χ4n) is 0.902. The number of alkyl halides is 3. The first-order valence-corrected chi connectivity index (χ1v) is 5.34. The molecule has 0 saturated carbocycles. The number of hydrogen-bond acceptors (Lipinski definition) is 3. The van der Waals surface area contributed by atoms with Crippen molar-refractivity contribution in [1.29, 1.82) is 0 Å². The second kappa shape index (κ2) is 3.23. The van der Waals surface area contributed by atoms with Crippen LogP contribution in [-0.2, 0) is 16.0 Å². The van der Waals surface area contributed by atoms with Crippen LogP contribution >= 0.6 is 0 Å². The molecule has 1 aromatic heterocycles. The molecule has 1 rings (SSSR count). The SMILES string of the molecule is CS(=O)(=O)c1ncccc1C(F)(F)F. The zero-order chi connectivity index (χ0) is 11.0. The Morgan fingerprint density at radius 2 is 1.93 bits per heavy atom. The molecule has 0 spiro atoms. The molecule has 0 bridgehead atoms. The van der Waals surface area contributed by atoms with Gasteiger partial charge >= 0.3 is 6.18 Å². The van der Waals surface area contributed by atoms with E-state index in [1.807, 2.05) is 0 Å². The minimum atomic E-state index is -4.70. The lowest BCUT2D eigenvalue weighted by molar-refractivity contribution is -0.140. The lowest BCUT2D eigenvalue weighted by Gasteiger charge is -2.09. The Balaban J connectivity index is 3.47. The topological polar surface area (TPSA) is 47.0 Å². The average molecular weight is 225 g/mol. The van der Waals surface area contributed by atoms with Gasteiger partial charge in [-0.1, -0.05) is 0 Å². The highest BCUT2D eigenvalue weighted by Gasteiger charge is 2.36. The highest BCUT2D eigenvalue weighted by molar-refractivity contribution is 7.90. The normalized spacial score (nSPS) is 12.9. The van der Waals surface area contributed by atoms with Crippen LogP contribution in [0.15, 0.2) is 23.4 Å². The minimum Gasteiger partial charge on any atom is -0.244 e. The summed E-state index contributed by atoms with van der Waals surface area (Å²) in [5.41, 5.74) is -1.23. The van der Waals surface area contributed by atoms with Gasteiger partial charge in [-0.25, -0.2) is 13.4 Å². The van der Waals surface area contributed by atoms with Gasteiger partial charge in [-0.3, -0.25) is 0 Å². The summed E-state index contributed by atoms with van der Waals surface area (Å²) < 4.78 is 58.7. The van der Waals surface area contributed by atoms with E-state index >= 15 is 0 Å². The molecule has 0 atom stereocenters. The van der Waals surface area contributed by atoms with Gasteiger partial charge in [0.25, 0.3) is 0 Å². The number of hydrogen-bond donors (Lipinski definition) is 0. The van der Waals surface area contributed by atoms with Crippen molar-refractivity contribution in [3.8, 4) is 0 Å². The van der Waals surface area contributed by atoms with Crippen LogP contribution in [0.2, 0.25) is 0 Å². The molecule has 0 unspecified atom stereocenters. The van der Waals surface area contributed by atoms with Gasteiger partial charge in [0.15, 0.2) is 14.9 Å². The van der Waals surface area contributed by atoms with E-state index in [1.54, 1.807) is 0 Å². The van der Waals surface area contributed by atoms with Crippen molar-refractivity contribution >= 4 is 9.84 Å². The van der Waals surface area contributed by atoms with Gasteiger partial charge in [-0.2, -0.15) is 13.2 Å². The van der Waals surface area contributed by atoms with Gasteiger partial charge in [-0.15, -0.1) is 0 Å². The second-order valence-corrected chi connectivity index (χ2v) is 4.56. The highest BCUT2D eigenvalue weighted by atomic mass is 32.2. The zero-order valence-corrected chi connectivity index (χ0v) is 7.85. The van der Waals surface area contributed by atoms with Gasteiger partial charge in [-0.05, 0) is 12.1 Å². The van der Waals surface area contributed by atoms with Crippen LogP contribution in [0.25, 0.3) is 0 Å². The van der Waals surface area contributed by atoms with Crippen molar-refractivity contribution < 1.29 is 21.6 Å². The molecule has 1 aromatic rings. The van der Waals surface area contributed by atoms with E-state index in [0.29, 0.717) is 12.3 Å². The van der Waals surface area contributed by atoms with E-state index < -0.39 is 26.6 Å². The summed E-state index contributed by atoms with van der Waals surface area (Å²) in [5, 5.41) is -0.937. The minimum absolute atomic E-state index is 0.684. The third-order valence-corrected chi connectivity index (χ3v) is 2.46. The molecule has 0 fully saturated rings. The van der Waals surface area contributed by atoms with Crippen molar-refractivity contribution in [2.24, 2.45) is 0 Å². The number of rotatable bonds is 1. The molecule has 0 N–H and O–H groups in total. The van der Waals surface area contributed by atoms with Crippen LogP contribution in [0.5, 0.6) is 0 Å². The predicted octanol–water partition coefficient (Wildman–Crippen LogP) is 1.50. The van der Waals surface area contributed by atoms with E-state index in [4.69, 9.17) is 0 Å². The maximum Gasteiger partial charge on any atom is 0.419 e. The van der Waals surface area contributed by atoms with E-state index in [1.165, 1.54) is 0 Å².